The Balaban J connectivity index is 0.000000250. The van der Waals surface area contributed by atoms with Gasteiger partial charge in [0.1, 0.15) is 30.8 Å². The molecular weight excluding hydrogens is 706 g/mol. The summed E-state index contributed by atoms with van der Waals surface area (Å²) in [7, 11) is 0. The number of ether oxygens (including phenoxy) is 1. The van der Waals surface area contributed by atoms with Gasteiger partial charge in [0.15, 0.2) is 0 Å². The van der Waals surface area contributed by atoms with Crippen LogP contribution in [0.5, 0.6) is 0 Å². The molecule has 4 saturated heterocycles. The molecule has 5 atom stereocenters. The first-order valence-electron chi connectivity index (χ1n) is 19.1. The average Bonchev–Trinajstić information content (AvgIpc) is 3.84. The molecule has 0 bridgehead atoms. The Morgan fingerprint density at radius 3 is 2.11 bits per heavy atom. The minimum absolute atomic E-state index is 0.00788. The van der Waals surface area contributed by atoms with Gasteiger partial charge in [-0.25, -0.2) is 9.59 Å². The Morgan fingerprint density at radius 2 is 1.45 bits per heavy atom. The summed E-state index contributed by atoms with van der Waals surface area (Å²) < 4.78 is 5.38. The highest BCUT2D eigenvalue weighted by molar-refractivity contribution is 5.95. The second-order valence-corrected chi connectivity index (χ2v) is 14.4. The van der Waals surface area contributed by atoms with Crippen molar-refractivity contribution < 1.29 is 38.3 Å². The van der Waals surface area contributed by atoms with Crippen LogP contribution in [0.2, 0.25) is 0 Å². The molecule has 0 aromatic heterocycles. The molecule has 0 radical (unpaired) electrons. The number of nitrogens with one attached hydrogen (secondary N) is 3. The van der Waals surface area contributed by atoms with E-state index in [9.17, 15) is 33.6 Å². The summed E-state index contributed by atoms with van der Waals surface area (Å²) in [5.74, 6) is -2.12. The summed E-state index contributed by atoms with van der Waals surface area (Å²) in [5, 5.41) is 7.71. The van der Waals surface area contributed by atoms with Gasteiger partial charge in [-0.05, 0) is 63.9 Å². The fraction of sp³-hybridized carbons (Fsp3) is 0.525. The number of rotatable bonds is 4. The average molecular weight is 762 g/mol. The van der Waals surface area contributed by atoms with E-state index < -0.39 is 42.1 Å². The molecule has 2 aromatic rings. The van der Waals surface area contributed by atoms with Gasteiger partial charge in [-0.15, -0.1) is 0 Å². The Kier molecular flexibility index (Phi) is 16.0. The van der Waals surface area contributed by atoms with Gasteiger partial charge in [0, 0.05) is 26.2 Å². The molecular formula is C40H55N7O8. The van der Waals surface area contributed by atoms with Crippen LogP contribution in [0.15, 0.2) is 60.7 Å². The van der Waals surface area contributed by atoms with Crippen LogP contribution >= 0.6 is 0 Å². The summed E-state index contributed by atoms with van der Waals surface area (Å²) >= 11 is 0. The predicted molar refractivity (Wildman–Crippen MR) is 204 cm³/mol. The van der Waals surface area contributed by atoms with Crippen LogP contribution < -0.4 is 21.7 Å². The third-order valence-corrected chi connectivity index (χ3v) is 9.96. The molecule has 2 aromatic carbocycles. The maximum absolute atomic E-state index is 13.4. The molecule has 6 rings (SSSR count). The van der Waals surface area contributed by atoms with Gasteiger partial charge in [0.05, 0.1) is 13.0 Å². The number of nitrogens with two attached hydrogens (primary N) is 1. The summed E-state index contributed by atoms with van der Waals surface area (Å²) in [6.45, 7) is 7.19. The number of fused-ring (bicyclic) bond motifs is 3. The second-order valence-electron chi connectivity index (χ2n) is 14.4. The molecule has 4 heterocycles. The number of cyclic esters (lactones) is 1. The molecule has 55 heavy (non-hydrogen) atoms. The second kappa shape index (κ2) is 20.8. The van der Waals surface area contributed by atoms with E-state index in [0.717, 1.165) is 18.4 Å². The summed E-state index contributed by atoms with van der Waals surface area (Å²) in [4.78, 5) is 91.4. The van der Waals surface area contributed by atoms with E-state index in [0.29, 0.717) is 51.9 Å². The van der Waals surface area contributed by atoms with Crippen molar-refractivity contribution in [2.75, 3.05) is 32.8 Å². The Morgan fingerprint density at radius 1 is 0.800 bits per heavy atom. The molecule has 0 saturated carbocycles. The number of nitrogens with zero attached hydrogens (tertiary/aromatic N) is 3. The van der Waals surface area contributed by atoms with Gasteiger partial charge in [0.25, 0.3) is 0 Å². The van der Waals surface area contributed by atoms with Crippen LogP contribution in [0.25, 0.3) is 0 Å². The molecule has 4 aliphatic heterocycles. The number of esters is 1. The van der Waals surface area contributed by atoms with Crippen LogP contribution in [-0.2, 0) is 40.0 Å². The van der Waals surface area contributed by atoms with Crippen molar-refractivity contribution in [1.29, 1.82) is 0 Å². The SMILES string of the molecule is CC1CC2C(=O)OCCC(=O)N3CCCC3C(=O)N3CCCCC3C(=O)NC(C)C(=O)N2C1.Cc1ccccc1.NC(=O)CNC(=O)NCc1ccccc1. The molecule has 0 spiro atoms. The first-order chi connectivity index (χ1) is 26.3. The van der Waals surface area contributed by atoms with Crippen molar-refractivity contribution in [3.05, 3.63) is 71.8 Å². The zero-order chi connectivity index (χ0) is 39.9. The molecule has 5 N–H and O–H groups in total. The summed E-state index contributed by atoms with van der Waals surface area (Å²) in [5.41, 5.74) is 7.18. The van der Waals surface area contributed by atoms with Gasteiger partial charge >= 0.3 is 12.0 Å². The molecule has 4 fully saturated rings. The van der Waals surface area contributed by atoms with Crippen LogP contribution in [0, 0.1) is 12.8 Å². The van der Waals surface area contributed by atoms with E-state index in [4.69, 9.17) is 10.5 Å². The van der Waals surface area contributed by atoms with Gasteiger partial charge in [0.2, 0.25) is 29.5 Å². The van der Waals surface area contributed by atoms with Crippen molar-refractivity contribution in [1.82, 2.24) is 30.7 Å². The van der Waals surface area contributed by atoms with Crippen molar-refractivity contribution >= 4 is 41.5 Å². The van der Waals surface area contributed by atoms with Gasteiger partial charge in [-0.3, -0.25) is 24.0 Å². The van der Waals surface area contributed by atoms with Crippen LogP contribution in [0.4, 0.5) is 4.79 Å². The highest BCUT2D eigenvalue weighted by Gasteiger charge is 2.44. The monoisotopic (exact) mass is 761 g/mol. The minimum Gasteiger partial charge on any atom is -0.464 e. The molecule has 4 aliphatic rings. The summed E-state index contributed by atoms with van der Waals surface area (Å²) in [6, 6.07) is 16.5. The quantitative estimate of drug-likeness (QED) is 0.339. The van der Waals surface area contributed by atoms with Crippen molar-refractivity contribution in [3.63, 3.8) is 0 Å². The molecule has 15 heteroatoms. The molecule has 5 unspecified atom stereocenters. The largest absolute Gasteiger partial charge is 0.464 e. The number of benzene rings is 2. The maximum atomic E-state index is 13.4. The van der Waals surface area contributed by atoms with E-state index in [1.165, 1.54) is 10.5 Å². The first-order valence-corrected chi connectivity index (χ1v) is 19.1. The van der Waals surface area contributed by atoms with Crippen molar-refractivity contribution in [2.45, 2.75) is 96.4 Å². The standard InChI is InChI=1S/C23H34N4O6.C10H13N3O2.C7H8/c1-14-12-18-23(32)33-11-8-19(28)25-10-5-7-17(25)22(31)26-9-4-3-6-16(26)20(29)24-15(2)21(30)27(18)13-14;11-9(14)7-13-10(15)12-6-8-4-2-1-3-5-8;1-7-5-3-2-4-6-7/h14-18H,3-13H2,1-2H3,(H,24,29);1-5H,6-7H2,(H2,11,14)(H2,12,13,15);2-6H,1H3. The fourth-order valence-electron chi connectivity index (χ4n) is 7.14. The number of amides is 7. The third kappa shape index (κ3) is 12.5. The predicted octanol–water partition coefficient (Wildman–Crippen LogP) is 2.01. The smallest absolute Gasteiger partial charge is 0.328 e. The number of urea groups is 1. The minimum atomic E-state index is -0.825. The molecule has 298 valence electrons. The van der Waals surface area contributed by atoms with E-state index in [-0.39, 0.29) is 49.1 Å². The van der Waals surface area contributed by atoms with Gasteiger partial charge < -0.3 is 41.1 Å². The van der Waals surface area contributed by atoms with Crippen molar-refractivity contribution in [2.24, 2.45) is 11.7 Å². The number of carbonyl (C=O) groups excluding carboxylic acids is 7. The number of aryl methyl sites for hydroxylation is 1. The van der Waals surface area contributed by atoms with E-state index in [1.54, 1.807) is 16.7 Å². The molecule has 15 nitrogen and oxygen atoms in total. The van der Waals surface area contributed by atoms with E-state index >= 15 is 0 Å². The van der Waals surface area contributed by atoms with Crippen LogP contribution in [0.1, 0.15) is 69.9 Å². The molecule has 7 amide bonds. The van der Waals surface area contributed by atoms with Crippen LogP contribution in [-0.4, -0.2) is 113 Å². The number of piperidine rings is 1. The van der Waals surface area contributed by atoms with Crippen LogP contribution in [0.3, 0.4) is 0 Å². The van der Waals surface area contributed by atoms with E-state index in [1.807, 2.05) is 55.5 Å². The number of carbonyl (C=O) groups is 7. The maximum Gasteiger partial charge on any atom is 0.328 e. The Labute approximate surface area is 322 Å². The number of hydrogen-bond acceptors (Lipinski definition) is 8. The normalized spacial score (nSPS) is 24.4. The first kappa shape index (κ1) is 42.3. The fourth-order valence-corrected chi connectivity index (χ4v) is 7.14. The lowest BCUT2D eigenvalue weighted by molar-refractivity contribution is -0.156. The zero-order valence-electron chi connectivity index (χ0n) is 32.0. The topological polar surface area (TPSA) is 201 Å². The number of hydrogen-bond donors (Lipinski definition) is 4. The lowest BCUT2D eigenvalue weighted by Crippen LogP contribution is -2.59. The highest BCUT2D eigenvalue weighted by atomic mass is 16.5. The lowest BCUT2D eigenvalue weighted by Gasteiger charge is -2.38. The lowest BCUT2D eigenvalue weighted by atomic mass is 9.99. The Bertz CT molecular complexity index is 1640. The number of primary amides is 1. The van der Waals surface area contributed by atoms with Gasteiger partial charge in [-0.1, -0.05) is 73.2 Å². The molecule has 0 aliphatic carbocycles. The zero-order valence-corrected chi connectivity index (χ0v) is 32.0. The van der Waals surface area contributed by atoms with Crippen molar-refractivity contribution in [3.8, 4) is 0 Å². The third-order valence-electron chi connectivity index (χ3n) is 9.96. The highest BCUT2D eigenvalue weighted by Crippen LogP contribution is 2.27. The Hall–Kier alpha value is -5.47. The van der Waals surface area contributed by atoms with E-state index in [2.05, 4.69) is 35.0 Å². The van der Waals surface area contributed by atoms with Gasteiger partial charge in [-0.2, -0.15) is 0 Å². The summed E-state index contributed by atoms with van der Waals surface area (Å²) in [6.07, 6.45) is 3.88.